The number of benzene rings is 2. The maximum absolute atomic E-state index is 11.5. The summed E-state index contributed by atoms with van der Waals surface area (Å²) >= 11 is 5.90. The normalized spacial score (nSPS) is 10.7. The van der Waals surface area contributed by atoms with Gasteiger partial charge in [0.2, 0.25) is 0 Å². The van der Waals surface area contributed by atoms with Crippen LogP contribution in [-0.4, -0.2) is 38.6 Å². The second-order valence-corrected chi connectivity index (χ2v) is 6.56. The van der Waals surface area contributed by atoms with E-state index in [9.17, 15) is 4.79 Å². The molecule has 6 nitrogen and oxygen atoms in total. The lowest BCUT2D eigenvalue weighted by molar-refractivity contribution is -0.122. The molecule has 0 atom stereocenters. The Morgan fingerprint density at radius 3 is 2.52 bits per heavy atom. The fourth-order valence-corrected chi connectivity index (χ4v) is 2.65. The third kappa shape index (κ3) is 9.85. The minimum atomic E-state index is -0.128. The lowest BCUT2D eigenvalue weighted by atomic mass is 10.1. The van der Waals surface area contributed by atoms with Crippen molar-refractivity contribution in [3.05, 3.63) is 64.7 Å². The van der Waals surface area contributed by atoms with Gasteiger partial charge in [-0.15, -0.1) is 24.0 Å². The highest BCUT2D eigenvalue weighted by Gasteiger charge is 2.03. The van der Waals surface area contributed by atoms with E-state index in [2.05, 4.69) is 20.9 Å². The standard InChI is InChI=1S/C21H27ClN4O2.HI/c1-3-24-20(27)15-28-19-6-4-5-17(13-19)14-26-21(23-2)25-12-11-16-7-9-18(22)10-8-16;/h4-10,13H,3,11-12,14-15H2,1-2H3,(H,24,27)(H2,23,25,26);1H. The first-order chi connectivity index (χ1) is 13.6. The molecule has 0 saturated carbocycles. The van der Waals surface area contributed by atoms with Gasteiger partial charge in [0.25, 0.3) is 5.91 Å². The van der Waals surface area contributed by atoms with Gasteiger partial charge in [-0.25, -0.2) is 0 Å². The second-order valence-electron chi connectivity index (χ2n) is 6.12. The summed E-state index contributed by atoms with van der Waals surface area (Å²) in [6.45, 7) is 3.84. The van der Waals surface area contributed by atoms with E-state index in [-0.39, 0.29) is 36.5 Å². The fraction of sp³-hybridized carbons (Fsp3) is 0.333. The van der Waals surface area contributed by atoms with Crippen molar-refractivity contribution in [1.29, 1.82) is 0 Å². The number of rotatable bonds is 9. The van der Waals surface area contributed by atoms with Crippen molar-refractivity contribution in [3.8, 4) is 5.75 Å². The fourth-order valence-electron chi connectivity index (χ4n) is 2.53. The van der Waals surface area contributed by atoms with Crippen molar-refractivity contribution in [3.63, 3.8) is 0 Å². The third-order valence-corrected chi connectivity index (χ3v) is 4.20. The summed E-state index contributed by atoms with van der Waals surface area (Å²) in [5.74, 6) is 1.26. The monoisotopic (exact) mass is 530 g/mol. The molecular formula is C21H28ClIN4O2. The van der Waals surface area contributed by atoms with Crippen LogP contribution >= 0.6 is 35.6 Å². The highest BCUT2D eigenvalue weighted by Crippen LogP contribution is 2.13. The maximum Gasteiger partial charge on any atom is 0.257 e. The molecule has 0 aliphatic carbocycles. The van der Waals surface area contributed by atoms with Crippen LogP contribution in [0, 0.1) is 0 Å². The van der Waals surface area contributed by atoms with Gasteiger partial charge in [-0.1, -0.05) is 35.9 Å². The Morgan fingerprint density at radius 1 is 1.07 bits per heavy atom. The highest BCUT2D eigenvalue weighted by atomic mass is 127. The molecule has 0 aromatic heterocycles. The third-order valence-electron chi connectivity index (χ3n) is 3.95. The molecule has 0 radical (unpaired) electrons. The van der Waals surface area contributed by atoms with Gasteiger partial charge < -0.3 is 20.7 Å². The Labute approximate surface area is 194 Å². The molecule has 0 unspecified atom stereocenters. The van der Waals surface area contributed by atoms with Gasteiger partial charge in [-0.3, -0.25) is 9.79 Å². The molecule has 0 aliphatic heterocycles. The van der Waals surface area contributed by atoms with E-state index in [1.165, 1.54) is 5.56 Å². The van der Waals surface area contributed by atoms with E-state index < -0.39 is 0 Å². The summed E-state index contributed by atoms with van der Waals surface area (Å²) in [6, 6.07) is 15.5. The van der Waals surface area contributed by atoms with Crippen LogP contribution in [0.3, 0.4) is 0 Å². The molecule has 8 heteroatoms. The lowest BCUT2D eigenvalue weighted by Crippen LogP contribution is -2.37. The summed E-state index contributed by atoms with van der Waals surface area (Å²) in [5.41, 5.74) is 2.25. The summed E-state index contributed by atoms with van der Waals surface area (Å²) in [4.78, 5) is 15.7. The number of nitrogens with one attached hydrogen (secondary N) is 3. The molecule has 2 rings (SSSR count). The molecule has 0 saturated heterocycles. The summed E-state index contributed by atoms with van der Waals surface area (Å²) < 4.78 is 5.52. The van der Waals surface area contributed by atoms with E-state index in [4.69, 9.17) is 16.3 Å². The van der Waals surface area contributed by atoms with Crippen molar-refractivity contribution in [2.24, 2.45) is 4.99 Å². The highest BCUT2D eigenvalue weighted by molar-refractivity contribution is 14.0. The Hall–Kier alpha value is -2.00. The topological polar surface area (TPSA) is 74.8 Å². The minimum absolute atomic E-state index is 0. The van der Waals surface area contributed by atoms with Gasteiger partial charge in [0.15, 0.2) is 12.6 Å². The van der Waals surface area contributed by atoms with Crippen LogP contribution in [0.15, 0.2) is 53.5 Å². The molecule has 2 aromatic carbocycles. The zero-order valence-electron chi connectivity index (χ0n) is 16.7. The maximum atomic E-state index is 11.5. The van der Waals surface area contributed by atoms with Gasteiger partial charge in [-0.2, -0.15) is 0 Å². The van der Waals surface area contributed by atoms with Crippen LogP contribution in [0.2, 0.25) is 5.02 Å². The number of aliphatic imine (C=N–C) groups is 1. The molecule has 0 bridgehead atoms. The number of halogens is 2. The zero-order valence-corrected chi connectivity index (χ0v) is 19.8. The molecule has 158 valence electrons. The molecule has 1 amide bonds. The van der Waals surface area contributed by atoms with Crippen molar-refractivity contribution < 1.29 is 9.53 Å². The summed E-state index contributed by atoms with van der Waals surface area (Å²) in [5, 5.41) is 10.0. The number of hydrogen-bond donors (Lipinski definition) is 3. The lowest BCUT2D eigenvalue weighted by Gasteiger charge is -2.13. The van der Waals surface area contributed by atoms with E-state index in [0.29, 0.717) is 18.8 Å². The van der Waals surface area contributed by atoms with Crippen LogP contribution in [-0.2, 0) is 17.8 Å². The number of amides is 1. The zero-order chi connectivity index (χ0) is 20.2. The molecule has 2 aromatic rings. The first-order valence-corrected chi connectivity index (χ1v) is 9.66. The largest absolute Gasteiger partial charge is 0.484 e. The van der Waals surface area contributed by atoms with Crippen LogP contribution in [0.5, 0.6) is 5.75 Å². The Morgan fingerprint density at radius 2 is 1.83 bits per heavy atom. The van der Waals surface area contributed by atoms with E-state index in [1.54, 1.807) is 7.05 Å². The average molecular weight is 531 g/mol. The summed E-state index contributed by atoms with van der Waals surface area (Å²) in [7, 11) is 1.74. The van der Waals surface area contributed by atoms with Gasteiger partial charge in [0.05, 0.1) is 0 Å². The first kappa shape index (κ1) is 25.0. The van der Waals surface area contributed by atoms with Crippen LogP contribution in [0.4, 0.5) is 0 Å². The van der Waals surface area contributed by atoms with Crippen LogP contribution < -0.4 is 20.7 Å². The Balaban J connectivity index is 0.00000420. The number of likely N-dealkylation sites (N-methyl/N-ethyl adjacent to an activating group) is 1. The predicted octanol–water partition coefficient (Wildman–Crippen LogP) is 3.38. The van der Waals surface area contributed by atoms with Gasteiger partial charge in [0.1, 0.15) is 5.75 Å². The molecular weight excluding hydrogens is 503 g/mol. The molecule has 0 fully saturated rings. The SMILES string of the molecule is CCNC(=O)COc1cccc(CNC(=NC)NCCc2ccc(Cl)cc2)c1.I. The molecule has 0 spiro atoms. The Kier molecular flexibility index (Phi) is 12.1. The quantitative estimate of drug-likeness (QED) is 0.264. The van der Waals surface area contributed by atoms with E-state index in [1.807, 2.05) is 55.5 Å². The number of carbonyl (C=O) groups excluding carboxylic acids is 1. The number of ether oxygens (including phenoxy) is 1. The van der Waals surface area contributed by atoms with Crippen LogP contribution in [0.1, 0.15) is 18.1 Å². The van der Waals surface area contributed by atoms with Gasteiger partial charge >= 0.3 is 0 Å². The van der Waals surface area contributed by atoms with E-state index in [0.717, 1.165) is 29.5 Å². The molecule has 29 heavy (non-hydrogen) atoms. The number of hydrogen-bond acceptors (Lipinski definition) is 3. The molecule has 0 heterocycles. The average Bonchev–Trinajstić information content (AvgIpc) is 2.71. The minimum Gasteiger partial charge on any atom is -0.484 e. The van der Waals surface area contributed by atoms with Crippen molar-refractivity contribution >= 4 is 47.4 Å². The Bertz CT molecular complexity index is 785. The first-order valence-electron chi connectivity index (χ1n) is 9.28. The predicted molar refractivity (Wildman–Crippen MR) is 129 cm³/mol. The number of nitrogens with zero attached hydrogens (tertiary/aromatic N) is 1. The number of carbonyl (C=O) groups is 1. The van der Waals surface area contributed by atoms with Crippen LogP contribution in [0.25, 0.3) is 0 Å². The van der Waals surface area contributed by atoms with Gasteiger partial charge in [0, 0.05) is 31.7 Å². The summed E-state index contributed by atoms with van der Waals surface area (Å²) in [6.07, 6.45) is 0.876. The van der Waals surface area contributed by atoms with Crippen molar-refractivity contribution in [1.82, 2.24) is 16.0 Å². The second kappa shape index (κ2) is 14.1. The smallest absolute Gasteiger partial charge is 0.257 e. The van der Waals surface area contributed by atoms with Gasteiger partial charge in [-0.05, 0) is 48.7 Å². The molecule has 0 aliphatic rings. The van der Waals surface area contributed by atoms with Crippen molar-refractivity contribution in [2.45, 2.75) is 19.9 Å². The molecule has 3 N–H and O–H groups in total. The van der Waals surface area contributed by atoms with E-state index >= 15 is 0 Å². The van der Waals surface area contributed by atoms with Crippen molar-refractivity contribution in [2.75, 3.05) is 26.7 Å². The number of guanidine groups is 1.